The van der Waals surface area contributed by atoms with E-state index in [-0.39, 0.29) is 0 Å². The topological polar surface area (TPSA) is 21.3 Å². The molecule has 108 valence electrons. The Hall–Kier alpha value is -0.0800. The number of hydrogen-bond acceptors (Lipinski definition) is 2. The van der Waals surface area contributed by atoms with E-state index < -0.39 is 0 Å². The Balaban J connectivity index is 2.00. The van der Waals surface area contributed by atoms with Crippen molar-refractivity contribution >= 4 is 0 Å². The summed E-state index contributed by atoms with van der Waals surface area (Å²) in [5.41, 5.74) is 0. The zero-order valence-corrected chi connectivity index (χ0v) is 12.5. The molecule has 0 aliphatic heterocycles. The number of unbranched alkanes of at least 4 members (excludes halogenated alkanes) is 4. The van der Waals surface area contributed by atoms with Gasteiger partial charge in [-0.2, -0.15) is 0 Å². The van der Waals surface area contributed by atoms with Gasteiger partial charge in [0.2, 0.25) is 0 Å². The quantitative estimate of drug-likeness (QED) is 0.588. The van der Waals surface area contributed by atoms with Crippen LogP contribution in [0.25, 0.3) is 0 Å². The van der Waals surface area contributed by atoms with E-state index >= 15 is 0 Å². The first-order valence-corrected chi connectivity index (χ1v) is 8.21. The molecule has 2 heteroatoms. The Morgan fingerprint density at radius 3 is 2.61 bits per heavy atom. The van der Waals surface area contributed by atoms with Gasteiger partial charge in [-0.3, -0.25) is 0 Å². The molecule has 1 saturated carbocycles. The summed E-state index contributed by atoms with van der Waals surface area (Å²) in [5.74, 6) is 0. The Morgan fingerprint density at radius 1 is 1.00 bits per heavy atom. The van der Waals surface area contributed by atoms with Gasteiger partial charge in [0.1, 0.15) is 0 Å². The van der Waals surface area contributed by atoms with Gasteiger partial charge in [-0.25, -0.2) is 0 Å². The van der Waals surface area contributed by atoms with Crippen molar-refractivity contribution in [2.75, 3.05) is 13.2 Å². The largest absolute Gasteiger partial charge is 0.378 e. The number of nitrogens with one attached hydrogen (secondary N) is 1. The Kier molecular flexibility index (Phi) is 9.59. The van der Waals surface area contributed by atoms with Gasteiger partial charge in [-0.05, 0) is 45.1 Å². The molecule has 18 heavy (non-hydrogen) atoms. The Morgan fingerprint density at radius 2 is 1.83 bits per heavy atom. The van der Waals surface area contributed by atoms with E-state index in [2.05, 4.69) is 19.2 Å². The second-order valence-corrected chi connectivity index (χ2v) is 5.72. The van der Waals surface area contributed by atoms with Gasteiger partial charge in [-0.1, -0.05) is 39.5 Å². The smallest absolute Gasteiger partial charge is 0.0590 e. The molecule has 2 nitrogen and oxygen atoms in total. The highest BCUT2D eigenvalue weighted by Crippen LogP contribution is 2.21. The zero-order chi connectivity index (χ0) is 13.1. The van der Waals surface area contributed by atoms with Crippen molar-refractivity contribution in [2.24, 2.45) is 0 Å². The van der Waals surface area contributed by atoms with Crippen LogP contribution in [0, 0.1) is 0 Å². The lowest BCUT2D eigenvalue weighted by molar-refractivity contribution is 0.0176. The molecule has 2 atom stereocenters. The molecule has 0 bridgehead atoms. The third-order valence-corrected chi connectivity index (χ3v) is 3.91. The van der Waals surface area contributed by atoms with Crippen LogP contribution in [0.15, 0.2) is 0 Å². The average molecular weight is 255 g/mol. The fourth-order valence-electron chi connectivity index (χ4n) is 2.79. The van der Waals surface area contributed by atoms with Crippen molar-refractivity contribution < 1.29 is 4.74 Å². The monoisotopic (exact) mass is 255 g/mol. The van der Waals surface area contributed by atoms with E-state index in [0.29, 0.717) is 12.1 Å². The second kappa shape index (κ2) is 10.8. The minimum absolute atomic E-state index is 0.527. The Bertz CT molecular complexity index is 184. The maximum Gasteiger partial charge on any atom is 0.0590 e. The molecule has 0 aromatic rings. The van der Waals surface area contributed by atoms with Crippen LogP contribution in [0.5, 0.6) is 0 Å². The maximum absolute atomic E-state index is 6.03. The van der Waals surface area contributed by atoms with E-state index in [0.717, 1.165) is 13.2 Å². The van der Waals surface area contributed by atoms with Crippen LogP contribution in [-0.2, 0) is 4.74 Å². The summed E-state index contributed by atoms with van der Waals surface area (Å²) >= 11 is 0. The molecule has 0 saturated heterocycles. The van der Waals surface area contributed by atoms with Crippen LogP contribution >= 0.6 is 0 Å². The van der Waals surface area contributed by atoms with Crippen molar-refractivity contribution in [3.05, 3.63) is 0 Å². The lowest BCUT2D eigenvalue weighted by atomic mass is 9.93. The first kappa shape index (κ1) is 16.0. The van der Waals surface area contributed by atoms with Crippen molar-refractivity contribution in [3.8, 4) is 0 Å². The molecular weight excluding hydrogens is 222 g/mol. The molecule has 1 N–H and O–H groups in total. The summed E-state index contributed by atoms with van der Waals surface area (Å²) in [5, 5.41) is 3.64. The Labute approximate surface area is 114 Å². The second-order valence-electron chi connectivity index (χ2n) is 5.72. The lowest BCUT2D eigenvalue weighted by Gasteiger charge is -2.30. The summed E-state index contributed by atoms with van der Waals surface area (Å²) in [7, 11) is 0. The molecule has 0 radical (unpaired) electrons. The third kappa shape index (κ3) is 7.38. The highest BCUT2D eigenvalue weighted by Gasteiger charge is 2.21. The summed E-state index contributed by atoms with van der Waals surface area (Å²) < 4.78 is 6.03. The van der Waals surface area contributed by atoms with Gasteiger partial charge in [0.05, 0.1) is 6.10 Å². The van der Waals surface area contributed by atoms with Crippen LogP contribution in [0.1, 0.15) is 78.1 Å². The molecular formula is C16H33NO. The highest BCUT2D eigenvalue weighted by atomic mass is 16.5. The molecule has 1 aliphatic rings. The van der Waals surface area contributed by atoms with Crippen molar-refractivity contribution in [2.45, 2.75) is 90.2 Å². The highest BCUT2D eigenvalue weighted by molar-refractivity contribution is 4.78. The normalized spacial score (nSPS) is 24.3. The minimum Gasteiger partial charge on any atom is -0.378 e. The van der Waals surface area contributed by atoms with E-state index in [4.69, 9.17) is 4.74 Å². The van der Waals surface area contributed by atoms with Crippen molar-refractivity contribution in [3.63, 3.8) is 0 Å². The van der Waals surface area contributed by atoms with Gasteiger partial charge in [0.25, 0.3) is 0 Å². The van der Waals surface area contributed by atoms with Crippen LogP contribution in [0.2, 0.25) is 0 Å². The lowest BCUT2D eigenvalue weighted by Crippen LogP contribution is -2.37. The minimum atomic E-state index is 0.527. The first-order valence-electron chi connectivity index (χ1n) is 8.21. The molecule has 0 aromatic carbocycles. The maximum atomic E-state index is 6.03. The fourth-order valence-corrected chi connectivity index (χ4v) is 2.79. The van der Waals surface area contributed by atoms with Crippen molar-refractivity contribution in [1.82, 2.24) is 5.32 Å². The van der Waals surface area contributed by atoms with Crippen LogP contribution in [-0.4, -0.2) is 25.3 Å². The van der Waals surface area contributed by atoms with Gasteiger partial charge < -0.3 is 10.1 Å². The van der Waals surface area contributed by atoms with E-state index in [1.807, 2.05) is 0 Å². The molecule has 0 amide bonds. The predicted octanol–water partition coefficient (Wildman–Crippen LogP) is 4.28. The molecule has 0 aromatic heterocycles. The van der Waals surface area contributed by atoms with Gasteiger partial charge in [0.15, 0.2) is 0 Å². The standard InChI is InChI=1S/C16H33NO/c1-3-5-6-7-8-13-18-16-11-9-10-15(14-16)17-12-4-2/h15-17H,3-14H2,1-2H3. The molecule has 1 rings (SSSR count). The third-order valence-electron chi connectivity index (χ3n) is 3.91. The van der Waals surface area contributed by atoms with Crippen LogP contribution in [0.4, 0.5) is 0 Å². The molecule has 1 aliphatic carbocycles. The number of hydrogen-bond donors (Lipinski definition) is 1. The molecule has 1 fully saturated rings. The van der Waals surface area contributed by atoms with Gasteiger partial charge >= 0.3 is 0 Å². The van der Waals surface area contributed by atoms with Gasteiger partial charge in [0, 0.05) is 12.6 Å². The molecule has 0 spiro atoms. The summed E-state index contributed by atoms with van der Waals surface area (Å²) in [4.78, 5) is 0. The summed E-state index contributed by atoms with van der Waals surface area (Å²) in [6.45, 7) is 6.64. The van der Waals surface area contributed by atoms with Crippen LogP contribution < -0.4 is 5.32 Å². The van der Waals surface area contributed by atoms with E-state index in [1.165, 1.54) is 64.2 Å². The zero-order valence-electron chi connectivity index (χ0n) is 12.5. The summed E-state index contributed by atoms with van der Waals surface area (Å²) in [6, 6.07) is 0.712. The average Bonchev–Trinajstić information content (AvgIpc) is 2.41. The number of ether oxygens (including phenoxy) is 1. The predicted molar refractivity (Wildman–Crippen MR) is 79.0 cm³/mol. The number of rotatable bonds is 10. The van der Waals surface area contributed by atoms with Gasteiger partial charge in [-0.15, -0.1) is 0 Å². The SMILES string of the molecule is CCCCCCCOC1CCCC(NCCC)C1. The summed E-state index contributed by atoms with van der Waals surface area (Å²) in [6.07, 6.45) is 13.6. The van der Waals surface area contributed by atoms with E-state index in [1.54, 1.807) is 0 Å². The van der Waals surface area contributed by atoms with E-state index in [9.17, 15) is 0 Å². The first-order chi connectivity index (χ1) is 8.86. The molecule has 0 heterocycles. The fraction of sp³-hybridized carbons (Fsp3) is 1.00. The molecule has 2 unspecified atom stereocenters. The van der Waals surface area contributed by atoms with Crippen molar-refractivity contribution in [1.29, 1.82) is 0 Å². The van der Waals surface area contributed by atoms with Crippen LogP contribution in [0.3, 0.4) is 0 Å².